The minimum atomic E-state index is -0.548. The van der Waals surface area contributed by atoms with Gasteiger partial charge in [0, 0.05) is 11.6 Å². The van der Waals surface area contributed by atoms with Crippen molar-refractivity contribution in [2.45, 2.75) is 0 Å². The Balaban J connectivity index is 1.81. The third-order valence-corrected chi connectivity index (χ3v) is 3.79. The summed E-state index contributed by atoms with van der Waals surface area (Å²) in [6.07, 6.45) is 1.40. The van der Waals surface area contributed by atoms with Crippen molar-refractivity contribution in [3.8, 4) is 17.4 Å². The maximum absolute atomic E-state index is 12.3. The molecule has 0 unspecified atom stereocenters. The molecule has 0 saturated carbocycles. The van der Waals surface area contributed by atoms with Crippen LogP contribution < -0.4 is 5.32 Å². The second-order valence-corrected chi connectivity index (χ2v) is 5.58. The molecule has 0 aliphatic rings. The number of amides is 1. The van der Waals surface area contributed by atoms with E-state index in [1.807, 2.05) is 36.4 Å². The van der Waals surface area contributed by atoms with Crippen LogP contribution in [0.3, 0.4) is 0 Å². The molecule has 122 valence electrons. The van der Waals surface area contributed by atoms with E-state index in [2.05, 4.69) is 5.32 Å². The molecule has 0 spiro atoms. The number of carbonyl (C=O) groups is 1. The molecule has 0 bridgehead atoms. The van der Waals surface area contributed by atoms with E-state index in [1.165, 1.54) is 6.08 Å². The number of nitrogens with zero attached hydrogens (tertiary/aromatic N) is 1. The monoisotopic (exact) mass is 348 g/mol. The second-order valence-electron chi connectivity index (χ2n) is 5.17. The van der Waals surface area contributed by atoms with Gasteiger partial charge in [-0.3, -0.25) is 4.79 Å². The average molecular weight is 349 g/mol. The molecule has 5 heteroatoms. The van der Waals surface area contributed by atoms with E-state index in [4.69, 9.17) is 16.0 Å². The minimum absolute atomic E-state index is 0.0751. The highest BCUT2D eigenvalue weighted by Crippen LogP contribution is 2.24. The quantitative estimate of drug-likeness (QED) is 0.524. The molecule has 1 aromatic heterocycles. The number of benzene rings is 2. The summed E-state index contributed by atoms with van der Waals surface area (Å²) in [7, 11) is 0. The van der Waals surface area contributed by atoms with Crippen LogP contribution >= 0.6 is 11.6 Å². The SMILES string of the molecule is N#C/C(=C\c1ccc(-c2ccccc2)o1)C(=O)Nc1ccccc1Cl. The van der Waals surface area contributed by atoms with Crippen LogP contribution in [0.1, 0.15) is 5.76 Å². The fourth-order valence-electron chi connectivity index (χ4n) is 2.23. The molecule has 25 heavy (non-hydrogen) atoms. The van der Waals surface area contributed by atoms with Crippen molar-refractivity contribution >= 4 is 29.3 Å². The molecule has 3 aromatic rings. The zero-order chi connectivity index (χ0) is 17.6. The molecule has 0 radical (unpaired) electrons. The van der Waals surface area contributed by atoms with Gasteiger partial charge in [-0.2, -0.15) is 5.26 Å². The van der Waals surface area contributed by atoms with Gasteiger partial charge in [0.05, 0.1) is 10.7 Å². The van der Waals surface area contributed by atoms with Crippen LogP contribution in [0.2, 0.25) is 5.02 Å². The third kappa shape index (κ3) is 3.97. The van der Waals surface area contributed by atoms with Gasteiger partial charge in [-0.05, 0) is 24.3 Å². The molecule has 2 aromatic carbocycles. The Kier molecular flexibility index (Phi) is 4.98. The smallest absolute Gasteiger partial charge is 0.266 e. The lowest BCUT2D eigenvalue weighted by Crippen LogP contribution is -2.13. The first-order valence-corrected chi connectivity index (χ1v) is 7.88. The van der Waals surface area contributed by atoms with E-state index in [1.54, 1.807) is 36.4 Å². The van der Waals surface area contributed by atoms with Crippen LogP contribution in [0.5, 0.6) is 0 Å². The lowest BCUT2D eigenvalue weighted by atomic mass is 10.2. The van der Waals surface area contributed by atoms with Crippen LogP contribution in [0.25, 0.3) is 17.4 Å². The van der Waals surface area contributed by atoms with Crippen LogP contribution in [0, 0.1) is 11.3 Å². The lowest BCUT2D eigenvalue weighted by Gasteiger charge is -2.05. The highest BCUT2D eigenvalue weighted by molar-refractivity contribution is 6.34. The van der Waals surface area contributed by atoms with Crippen molar-refractivity contribution in [3.63, 3.8) is 0 Å². The van der Waals surface area contributed by atoms with E-state index >= 15 is 0 Å². The predicted molar refractivity (Wildman–Crippen MR) is 97.8 cm³/mol. The molecule has 0 saturated heterocycles. The molecule has 3 rings (SSSR count). The summed E-state index contributed by atoms with van der Waals surface area (Å²) in [5.41, 5.74) is 1.29. The highest BCUT2D eigenvalue weighted by Gasteiger charge is 2.12. The van der Waals surface area contributed by atoms with Crippen LogP contribution in [0.15, 0.2) is 76.7 Å². The van der Waals surface area contributed by atoms with Gasteiger partial charge in [0.2, 0.25) is 0 Å². The number of furan rings is 1. The number of nitriles is 1. The van der Waals surface area contributed by atoms with Gasteiger partial charge in [-0.1, -0.05) is 54.1 Å². The molecule has 4 nitrogen and oxygen atoms in total. The first-order valence-electron chi connectivity index (χ1n) is 7.50. The molecular weight excluding hydrogens is 336 g/mol. The number of para-hydroxylation sites is 1. The van der Waals surface area contributed by atoms with Crippen molar-refractivity contribution in [1.82, 2.24) is 0 Å². The summed E-state index contributed by atoms with van der Waals surface area (Å²) in [6.45, 7) is 0. The maximum Gasteiger partial charge on any atom is 0.266 e. The number of carbonyl (C=O) groups excluding carboxylic acids is 1. The standard InChI is InChI=1S/C20H13ClN2O2/c21-17-8-4-5-9-18(17)23-20(24)15(13-22)12-16-10-11-19(25-16)14-6-2-1-3-7-14/h1-12H,(H,23,24)/b15-12+. The molecule has 0 fully saturated rings. The Morgan fingerprint density at radius 3 is 2.48 bits per heavy atom. The van der Waals surface area contributed by atoms with E-state index < -0.39 is 5.91 Å². The summed E-state index contributed by atoms with van der Waals surface area (Å²) >= 11 is 6.01. The van der Waals surface area contributed by atoms with Crippen molar-refractivity contribution in [3.05, 3.63) is 83.1 Å². The number of anilines is 1. The molecule has 0 atom stereocenters. The summed E-state index contributed by atoms with van der Waals surface area (Å²) in [6, 6.07) is 21.8. The molecular formula is C20H13ClN2O2. The van der Waals surface area contributed by atoms with Gasteiger partial charge in [0.25, 0.3) is 5.91 Å². The number of halogens is 1. The predicted octanol–water partition coefficient (Wildman–Crippen LogP) is 5.15. The first-order chi connectivity index (χ1) is 12.2. The number of rotatable bonds is 4. The summed E-state index contributed by atoms with van der Waals surface area (Å²) in [5.74, 6) is 0.536. The minimum Gasteiger partial charge on any atom is -0.457 e. The summed E-state index contributed by atoms with van der Waals surface area (Å²) in [5, 5.41) is 12.3. The third-order valence-electron chi connectivity index (χ3n) is 3.46. The Morgan fingerprint density at radius 1 is 1.04 bits per heavy atom. The first kappa shape index (κ1) is 16.6. The van der Waals surface area contributed by atoms with Gasteiger partial charge in [-0.15, -0.1) is 0 Å². The largest absolute Gasteiger partial charge is 0.457 e. The van der Waals surface area contributed by atoms with Gasteiger partial charge in [-0.25, -0.2) is 0 Å². The molecule has 0 aliphatic carbocycles. The topological polar surface area (TPSA) is 66.0 Å². The van der Waals surface area contributed by atoms with E-state index in [9.17, 15) is 10.1 Å². The Morgan fingerprint density at radius 2 is 1.76 bits per heavy atom. The fraction of sp³-hybridized carbons (Fsp3) is 0. The van der Waals surface area contributed by atoms with Crippen molar-refractivity contribution in [1.29, 1.82) is 5.26 Å². The maximum atomic E-state index is 12.3. The Bertz CT molecular complexity index is 969. The summed E-state index contributed by atoms with van der Waals surface area (Å²) in [4.78, 5) is 12.3. The fourth-order valence-corrected chi connectivity index (χ4v) is 2.41. The van der Waals surface area contributed by atoms with Gasteiger partial charge >= 0.3 is 0 Å². The average Bonchev–Trinajstić information content (AvgIpc) is 3.11. The van der Waals surface area contributed by atoms with Crippen molar-refractivity contribution in [2.24, 2.45) is 0 Å². The van der Waals surface area contributed by atoms with Gasteiger partial charge in [0.1, 0.15) is 23.2 Å². The molecule has 0 aliphatic heterocycles. The zero-order valence-electron chi connectivity index (χ0n) is 13.1. The number of hydrogen-bond acceptors (Lipinski definition) is 3. The number of nitrogens with one attached hydrogen (secondary N) is 1. The molecule has 1 amide bonds. The van der Waals surface area contributed by atoms with Crippen LogP contribution in [0.4, 0.5) is 5.69 Å². The van der Waals surface area contributed by atoms with Gasteiger partial charge < -0.3 is 9.73 Å². The van der Waals surface area contributed by atoms with Gasteiger partial charge in [0.15, 0.2) is 0 Å². The number of hydrogen-bond donors (Lipinski definition) is 1. The second kappa shape index (κ2) is 7.52. The van der Waals surface area contributed by atoms with Crippen molar-refractivity contribution < 1.29 is 9.21 Å². The van der Waals surface area contributed by atoms with E-state index in [0.717, 1.165) is 5.56 Å². The van der Waals surface area contributed by atoms with Crippen LogP contribution in [-0.2, 0) is 4.79 Å². The van der Waals surface area contributed by atoms with E-state index in [-0.39, 0.29) is 5.57 Å². The Hall–Kier alpha value is -3.29. The summed E-state index contributed by atoms with van der Waals surface area (Å²) < 4.78 is 5.69. The Labute approximate surface area is 150 Å². The highest BCUT2D eigenvalue weighted by atomic mass is 35.5. The van der Waals surface area contributed by atoms with Crippen molar-refractivity contribution in [2.75, 3.05) is 5.32 Å². The zero-order valence-corrected chi connectivity index (χ0v) is 13.8. The molecule has 1 heterocycles. The normalized spacial score (nSPS) is 11.0. The lowest BCUT2D eigenvalue weighted by molar-refractivity contribution is -0.112. The van der Waals surface area contributed by atoms with Crippen LogP contribution in [-0.4, -0.2) is 5.91 Å². The molecule has 1 N–H and O–H groups in total. The van der Waals surface area contributed by atoms with E-state index in [0.29, 0.717) is 22.2 Å².